The van der Waals surface area contributed by atoms with E-state index in [0.717, 1.165) is 19.4 Å². The van der Waals surface area contributed by atoms with E-state index in [0.29, 0.717) is 5.92 Å². The summed E-state index contributed by atoms with van der Waals surface area (Å²) in [5.41, 5.74) is -0.00486. The lowest BCUT2D eigenvalue weighted by atomic mass is 9.98. The molecule has 3 atom stereocenters. The molecule has 1 saturated heterocycles. The van der Waals surface area contributed by atoms with Crippen LogP contribution >= 0.6 is 0 Å². The predicted octanol–water partition coefficient (Wildman–Crippen LogP) is 1.91. The van der Waals surface area contributed by atoms with E-state index >= 15 is 0 Å². The molecular weight excluding hydrogens is 238 g/mol. The molecule has 0 radical (unpaired) electrons. The first kappa shape index (κ1) is 16.4. The molecule has 0 aromatic heterocycles. The highest BCUT2D eigenvalue weighted by Gasteiger charge is 2.42. The third-order valence-electron chi connectivity index (χ3n) is 4.66. The van der Waals surface area contributed by atoms with Crippen molar-refractivity contribution in [1.29, 1.82) is 0 Å². The number of carbonyl (C=O) groups is 1. The van der Waals surface area contributed by atoms with Gasteiger partial charge in [-0.3, -0.25) is 10.1 Å². The van der Waals surface area contributed by atoms with Crippen molar-refractivity contribution in [2.45, 2.75) is 65.2 Å². The van der Waals surface area contributed by atoms with Crippen LogP contribution in [0.3, 0.4) is 0 Å². The van der Waals surface area contributed by atoms with Gasteiger partial charge in [0.15, 0.2) is 0 Å². The van der Waals surface area contributed by atoms with E-state index < -0.39 is 0 Å². The molecule has 1 amide bonds. The van der Waals surface area contributed by atoms with Gasteiger partial charge < -0.3 is 9.80 Å². The maximum atomic E-state index is 12.6. The Balaban J connectivity index is 2.84. The lowest BCUT2D eigenvalue weighted by Gasteiger charge is -2.38. The quantitative estimate of drug-likeness (QED) is 0.800. The Morgan fingerprint density at radius 3 is 2.37 bits per heavy atom. The number of nitrogens with zero attached hydrogens (tertiary/aromatic N) is 2. The van der Waals surface area contributed by atoms with Gasteiger partial charge in [-0.1, -0.05) is 27.2 Å². The van der Waals surface area contributed by atoms with Crippen molar-refractivity contribution in [2.24, 2.45) is 5.92 Å². The molecule has 0 aromatic rings. The van der Waals surface area contributed by atoms with E-state index in [9.17, 15) is 4.79 Å². The minimum absolute atomic E-state index is 0.00486. The summed E-state index contributed by atoms with van der Waals surface area (Å²) >= 11 is 0. The number of likely N-dealkylation sites (N-methyl/N-ethyl adjacent to an activating group) is 1. The summed E-state index contributed by atoms with van der Waals surface area (Å²) in [6.07, 6.45) is 2.18. The fraction of sp³-hybridized carbons (Fsp3) is 0.933. The van der Waals surface area contributed by atoms with Crippen LogP contribution in [0.4, 0.5) is 0 Å². The normalized spacial score (nSPS) is 26.3. The van der Waals surface area contributed by atoms with Crippen LogP contribution in [-0.2, 0) is 4.79 Å². The number of nitrogens with one attached hydrogen (secondary N) is 1. The second-order valence-electron chi connectivity index (χ2n) is 6.63. The Hall–Kier alpha value is -0.610. The summed E-state index contributed by atoms with van der Waals surface area (Å²) in [6.45, 7) is 11.6. The van der Waals surface area contributed by atoms with Crippen molar-refractivity contribution < 1.29 is 4.79 Å². The molecule has 1 aliphatic heterocycles. The second-order valence-corrected chi connectivity index (χ2v) is 6.63. The van der Waals surface area contributed by atoms with Crippen LogP contribution in [0, 0.1) is 5.92 Å². The Bertz CT molecular complexity index is 315. The van der Waals surface area contributed by atoms with Crippen molar-refractivity contribution in [3.8, 4) is 0 Å². The van der Waals surface area contributed by atoms with Crippen molar-refractivity contribution in [3.05, 3.63) is 0 Å². The van der Waals surface area contributed by atoms with Gasteiger partial charge in [-0.2, -0.15) is 0 Å². The van der Waals surface area contributed by atoms with E-state index in [1.807, 2.05) is 4.90 Å². The van der Waals surface area contributed by atoms with Gasteiger partial charge in [0.2, 0.25) is 5.91 Å². The molecule has 0 bridgehead atoms. The number of amides is 1. The zero-order chi connectivity index (χ0) is 14.8. The first-order valence-electron chi connectivity index (χ1n) is 7.48. The highest BCUT2D eigenvalue weighted by molar-refractivity contribution is 5.84. The van der Waals surface area contributed by atoms with Crippen molar-refractivity contribution in [1.82, 2.24) is 15.1 Å². The fourth-order valence-electron chi connectivity index (χ4n) is 2.43. The summed E-state index contributed by atoms with van der Waals surface area (Å²) in [6, 6.07) is -0.00656. The zero-order valence-corrected chi connectivity index (χ0v) is 13.7. The van der Waals surface area contributed by atoms with Crippen LogP contribution in [0.1, 0.15) is 47.5 Å². The van der Waals surface area contributed by atoms with Gasteiger partial charge in [0.1, 0.15) is 0 Å². The largest absolute Gasteiger partial charge is 0.324 e. The summed E-state index contributed by atoms with van der Waals surface area (Å²) in [5.74, 6) is 0.671. The van der Waals surface area contributed by atoms with Gasteiger partial charge >= 0.3 is 0 Å². The average molecular weight is 269 g/mol. The molecule has 0 spiro atoms. The van der Waals surface area contributed by atoms with E-state index in [1.165, 1.54) is 0 Å². The van der Waals surface area contributed by atoms with Gasteiger partial charge in [0.25, 0.3) is 0 Å². The van der Waals surface area contributed by atoms with Crippen LogP contribution in [0.25, 0.3) is 0 Å². The Morgan fingerprint density at radius 2 is 1.95 bits per heavy atom. The fourth-order valence-corrected chi connectivity index (χ4v) is 2.43. The Kier molecular flexibility index (Phi) is 5.39. The van der Waals surface area contributed by atoms with Gasteiger partial charge in [-0.05, 0) is 40.3 Å². The lowest BCUT2D eigenvalue weighted by molar-refractivity contribution is -0.132. The molecule has 1 aliphatic rings. The third kappa shape index (κ3) is 3.48. The van der Waals surface area contributed by atoms with Crippen LogP contribution in [0.5, 0.6) is 0 Å². The molecule has 0 saturated carbocycles. The molecule has 1 heterocycles. The minimum Gasteiger partial charge on any atom is -0.324 e. The predicted molar refractivity (Wildman–Crippen MR) is 79.9 cm³/mol. The molecule has 4 heteroatoms. The topological polar surface area (TPSA) is 35.6 Å². The molecule has 1 N–H and O–H groups in total. The van der Waals surface area contributed by atoms with Gasteiger partial charge in [-0.25, -0.2) is 0 Å². The van der Waals surface area contributed by atoms with Gasteiger partial charge in [0, 0.05) is 12.1 Å². The van der Waals surface area contributed by atoms with Crippen molar-refractivity contribution in [2.75, 3.05) is 20.6 Å². The molecule has 3 unspecified atom stereocenters. The average Bonchev–Trinajstić information content (AvgIpc) is 2.65. The molecule has 0 aromatic carbocycles. The van der Waals surface area contributed by atoms with Crippen molar-refractivity contribution in [3.63, 3.8) is 0 Å². The lowest BCUT2D eigenvalue weighted by Crippen LogP contribution is -2.51. The zero-order valence-electron chi connectivity index (χ0n) is 13.7. The monoisotopic (exact) mass is 269 g/mol. The first-order valence-corrected chi connectivity index (χ1v) is 7.48. The maximum absolute atomic E-state index is 12.6. The van der Waals surface area contributed by atoms with Crippen LogP contribution < -0.4 is 5.32 Å². The smallest absolute Gasteiger partial charge is 0.241 e. The second kappa shape index (κ2) is 6.23. The molecule has 1 rings (SSSR count). The molecular formula is C15H31N3O. The SMILES string of the molecule is CCC(C)C1NC(CC)N(CC(C)(C)N(C)C)C1=O. The van der Waals surface area contributed by atoms with E-state index in [4.69, 9.17) is 0 Å². The molecule has 0 aliphatic carbocycles. The maximum Gasteiger partial charge on any atom is 0.241 e. The molecule has 112 valence electrons. The molecule has 4 nitrogen and oxygen atoms in total. The van der Waals surface area contributed by atoms with E-state index in [-0.39, 0.29) is 23.7 Å². The standard InChI is InChI=1S/C15H31N3O/c1-8-11(3)13-14(19)18(12(9-2)16-13)10-15(4,5)17(6)7/h11-13,16H,8-10H2,1-7H3. The van der Waals surface area contributed by atoms with Crippen molar-refractivity contribution >= 4 is 5.91 Å². The third-order valence-corrected chi connectivity index (χ3v) is 4.66. The Labute approximate surface area is 118 Å². The highest BCUT2D eigenvalue weighted by Crippen LogP contribution is 2.24. The molecule has 19 heavy (non-hydrogen) atoms. The number of hydrogen-bond acceptors (Lipinski definition) is 3. The Morgan fingerprint density at radius 1 is 1.37 bits per heavy atom. The number of rotatable bonds is 6. The number of carbonyl (C=O) groups excluding carboxylic acids is 1. The van der Waals surface area contributed by atoms with Gasteiger partial charge in [0.05, 0.1) is 12.2 Å². The summed E-state index contributed by atoms with van der Waals surface area (Å²) in [5, 5.41) is 3.51. The summed E-state index contributed by atoms with van der Waals surface area (Å²) in [4.78, 5) is 16.8. The van der Waals surface area contributed by atoms with Crippen LogP contribution in [0.2, 0.25) is 0 Å². The van der Waals surface area contributed by atoms with E-state index in [1.54, 1.807) is 0 Å². The minimum atomic E-state index is -0.00656. The number of hydrogen-bond donors (Lipinski definition) is 1. The van der Waals surface area contributed by atoms with Crippen LogP contribution in [-0.4, -0.2) is 54.1 Å². The first-order chi connectivity index (χ1) is 8.74. The van der Waals surface area contributed by atoms with Gasteiger partial charge in [-0.15, -0.1) is 0 Å². The molecule has 1 fully saturated rings. The highest BCUT2D eigenvalue weighted by atomic mass is 16.2. The summed E-state index contributed by atoms with van der Waals surface area (Å²) in [7, 11) is 4.14. The summed E-state index contributed by atoms with van der Waals surface area (Å²) < 4.78 is 0. The van der Waals surface area contributed by atoms with E-state index in [2.05, 4.69) is 58.9 Å². The van der Waals surface area contributed by atoms with Crippen LogP contribution in [0.15, 0.2) is 0 Å².